The lowest BCUT2D eigenvalue weighted by Crippen LogP contribution is -2.57. The molecule has 0 saturated carbocycles. The average molecular weight is 227 g/mol. The van der Waals surface area contributed by atoms with Gasteiger partial charge in [-0.15, -0.1) is 0 Å². The zero-order valence-electron chi connectivity index (χ0n) is 10.3. The number of rotatable bonds is 4. The van der Waals surface area contributed by atoms with Gasteiger partial charge in [0, 0.05) is 44.4 Å². The maximum absolute atomic E-state index is 8.88. The predicted octanol–water partition coefficient (Wildman–Crippen LogP) is -0.135. The molecular formula is C12H25N3O. The molecule has 0 aromatic rings. The van der Waals surface area contributed by atoms with E-state index in [1.807, 2.05) is 0 Å². The molecule has 3 atom stereocenters. The highest BCUT2D eigenvalue weighted by molar-refractivity contribution is 4.91. The topological polar surface area (TPSA) is 52.7 Å². The summed E-state index contributed by atoms with van der Waals surface area (Å²) in [5, 5.41) is 8.88. The molecule has 94 valence electrons. The molecule has 2 aliphatic heterocycles. The minimum absolute atomic E-state index is 0.125. The van der Waals surface area contributed by atoms with E-state index in [0.29, 0.717) is 6.04 Å². The SMILES string of the molecule is CC1CN2CCCC2CN1CC(N)CCO. The standard InChI is InChI=1S/C12H25N3O/c1-10-7-14-5-2-3-12(14)9-15(10)8-11(13)4-6-16/h10-12,16H,2-9,13H2,1H3. The third-order valence-electron chi connectivity index (χ3n) is 4.04. The fourth-order valence-corrected chi connectivity index (χ4v) is 3.06. The highest BCUT2D eigenvalue weighted by Crippen LogP contribution is 2.24. The maximum atomic E-state index is 8.88. The number of aliphatic hydroxyl groups excluding tert-OH is 1. The number of hydrogen-bond donors (Lipinski definition) is 2. The minimum Gasteiger partial charge on any atom is -0.396 e. The lowest BCUT2D eigenvalue weighted by atomic mass is 10.1. The molecule has 0 bridgehead atoms. The normalized spacial score (nSPS) is 33.9. The van der Waals surface area contributed by atoms with E-state index in [4.69, 9.17) is 10.8 Å². The van der Waals surface area contributed by atoms with Crippen LogP contribution in [0.2, 0.25) is 0 Å². The van der Waals surface area contributed by atoms with E-state index in [9.17, 15) is 0 Å². The van der Waals surface area contributed by atoms with Crippen LogP contribution in [0.4, 0.5) is 0 Å². The molecule has 0 amide bonds. The molecule has 3 N–H and O–H groups in total. The minimum atomic E-state index is 0.125. The van der Waals surface area contributed by atoms with Gasteiger partial charge in [-0.2, -0.15) is 0 Å². The van der Waals surface area contributed by atoms with Crippen LogP contribution in [0.1, 0.15) is 26.2 Å². The highest BCUT2D eigenvalue weighted by atomic mass is 16.3. The van der Waals surface area contributed by atoms with Gasteiger partial charge in [0.15, 0.2) is 0 Å². The summed E-state index contributed by atoms with van der Waals surface area (Å²) in [6.07, 6.45) is 3.42. The van der Waals surface area contributed by atoms with Crippen molar-refractivity contribution >= 4 is 0 Å². The van der Waals surface area contributed by atoms with E-state index in [0.717, 1.165) is 19.0 Å². The molecule has 4 heteroatoms. The van der Waals surface area contributed by atoms with Crippen molar-refractivity contribution in [3.63, 3.8) is 0 Å². The molecule has 2 fully saturated rings. The van der Waals surface area contributed by atoms with Gasteiger partial charge in [0.05, 0.1) is 0 Å². The van der Waals surface area contributed by atoms with Gasteiger partial charge in [-0.1, -0.05) is 0 Å². The van der Waals surface area contributed by atoms with E-state index in [-0.39, 0.29) is 12.6 Å². The average Bonchev–Trinajstić information content (AvgIpc) is 2.65. The van der Waals surface area contributed by atoms with Crippen molar-refractivity contribution in [1.82, 2.24) is 9.80 Å². The summed E-state index contributed by atoms with van der Waals surface area (Å²) in [4.78, 5) is 5.13. The number of nitrogens with zero attached hydrogens (tertiary/aromatic N) is 2. The molecular weight excluding hydrogens is 202 g/mol. The van der Waals surface area contributed by atoms with Gasteiger partial charge < -0.3 is 10.8 Å². The van der Waals surface area contributed by atoms with Crippen molar-refractivity contribution in [2.75, 3.05) is 32.8 Å². The molecule has 16 heavy (non-hydrogen) atoms. The largest absolute Gasteiger partial charge is 0.396 e. The van der Waals surface area contributed by atoms with Crippen LogP contribution in [0.3, 0.4) is 0 Å². The first-order valence-corrected chi connectivity index (χ1v) is 6.55. The molecule has 2 rings (SSSR count). The molecule has 0 aromatic heterocycles. The monoisotopic (exact) mass is 227 g/mol. The smallest absolute Gasteiger partial charge is 0.0446 e. The van der Waals surface area contributed by atoms with Crippen LogP contribution in [0.15, 0.2) is 0 Å². The molecule has 2 saturated heterocycles. The van der Waals surface area contributed by atoms with Gasteiger partial charge in [0.1, 0.15) is 0 Å². The molecule has 2 aliphatic rings. The summed E-state index contributed by atoms with van der Waals surface area (Å²) in [5.74, 6) is 0. The highest BCUT2D eigenvalue weighted by Gasteiger charge is 2.34. The Balaban J connectivity index is 1.84. The predicted molar refractivity (Wildman–Crippen MR) is 65.3 cm³/mol. The van der Waals surface area contributed by atoms with Gasteiger partial charge in [-0.05, 0) is 32.7 Å². The van der Waals surface area contributed by atoms with E-state index < -0.39 is 0 Å². The Morgan fingerprint density at radius 2 is 2.25 bits per heavy atom. The number of hydrogen-bond acceptors (Lipinski definition) is 4. The molecule has 0 aliphatic carbocycles. The lowest BCUT2D eigenvalue weighted by molar-refractivity contribution is 0.0535. The second-order valence-corrected chi connectivity index (χ2v) is 5.37. The van der Waals surface area contributed by atoms with Crippen LogP contribution in [0.25, 0.3) is 0 Å². The number of aliphatic hydroxyl groups is 1. The van der Waals surface area contributed by atoms with E-state index >= 15 is 0 Å². The van der Waals surface area contributed by atoms with Crippen molar-refractivity contribution in [3.05, 3.63) is 0 Å². The third-order valence-corrected chi connectivity index (χ3v) is 4.04. The van der Waals surface area contributed by atoms with Gasteiger partial charge in [-0.3, -0.25) is 9.80 Å². The fraction of sp³-hybridized carbons (Fsp3) is 1.00. The van der Waals surface area contributed by atoms with Crippen LogP contribution in [0.5, 0.6) is 0 Å². The summed E-state index contributed by atoms with van der Waals surface area (Å²) >= 11 is 0. The van der Waals surface area contributed by atoms with Gasteiger partial charge >= 0.3 is 0 Å². The summed E-state index contributed by atoms with van der Waals surface area (Å²) in [6, 6.07) is 1.50. The number of fused-ring (bicyclic) bond motifs is 1. The second-order valence-electron chi connectivity index (χ2n) is 5.37. The van der Waals surface area contributed by atoms with Crippen molar-refractivity contribution in [3.8, 4) is 0 Å². The Bertz CT molecular complexity index is 224. The van der Waals surface area contributed by atoms with Gasteiger partial charge in [0.25, 0.3) is 0 Å². The Hall–Kier alpha value is -0.160. The summed E-state index contributed by atoms with van der Waals surface area (Å²) in [7, 11) is 0. The molecule has 2 heterocycles. The zero-order chi connectivity index (χ0) is 11.5. The molecule has 3 unspecified atom stereocenters. The molecule has 0 aromatic carbocycles. The van der Waals surface area contributed by atoms with Crippen LogP contribution >= 0.6 is 0 Å². The molecule has 0 radical (unpaired) electrons. The van der Waals surface area contributed by atoms with E-state index in [1.54, 1.807) is 0 Å². The number of nitrogens with two attached hydrogens (primary N) is 1. The Morgan fingerprint density at radius 3 is 3.00 bits per heavy atom. The Kier molecular flexibility index (Phi) is 4.19. The first-order valence-electron chi connectivity index (χ1n) is 6.55. The number of piperazine rings is 1. The molecule has 0 spiro atoms. The van der Waals surface area contributed by atoms with Crippen LogP contribution < -0.4 is 5.73 Å². The van der Waals surface area contributed by atoms with Crippen LogP contribution in [0, 0.1) is 0 Å². The van der Waals surface area contributed by atoms with Crippen LogP contribution in [-0.4, -0.2) is 65.8 Å². The van der Waals surface area contributed by atoms with Crippen molar-refractivity contribution in [2.24, 2.45) is 5.73 Å². The Morgan fingerprint density at radius 1 is 1.44 bits per heavy atom. The zero-order valence-corrected chi connectivity index (χ0v) is 10.3. The van der Waals surface area contributed by atoms with Crippen LogP contribution in [-0.2, 0) is 0 Å². The summed E-state index contributed by atoms with van der Waals surface area (Å²) < 4.78 is 0. The first kappa shape index (κ1) is 12.3. The van der Waals surface area contributed by atoms with Crippen molar-refractivity contribution < 1.29 is 5.11 Å². The first-order chi connectivity index (χ1) is 7.70. The molecule has 4 nitrogen and oxygen atoms in total. The van der Waals surface area contributed by atoms with E-state index in [1.165, 1.54) is 32.5 Å². The fourth-order valence-electron chi connectivity index (χ4n) is 3.06. The van der Waals surface area contributed by atoms with Gasteiger partial charge in [-0.25, -0.2) is 0 Å². The van der Waals surface area contributed by atoms with Crippen molar-refractivity contribution in [2.45, 2.75) is 44.3 Å². The maximum Gasteiger partial charge on any atom is 0.0446 e. The second kappa shape index (κ2) is 5.45. The van der Waals surface area contributed by atoms with E-state index in [2.05, 4.69) is 16.7 Å². The summed E-state index contributed by atoms with van der Waals surface area (Å²) in [6.45, 7) is 7.08. The van der Waals surface area contributed by atoms with Crippen molar-refractivity contribution in [1.29, 1.82) is 0 Å². The quantitative estimate of drug-likeness (QED) is 0.702. The summed E-state index contributed by atoms with van der Waals surface area (Å²) in [5.41, 5.74) is 6.00. The lowest BCUT2D eigenvalue weighted by Gasteiger charge is -2.43. The Labute approximate surface area is 98.4 Å². The third kappa shape index (κ3) is 2.74. The van der Waals surface area contributed by atoms with Gasteiger partial charge in [0.2, 0.25) is 0 Å².